The molecule has 0 aromatic heterocycles. The number of ether oxygens (including phenoxy) is 2. The second kappa shape index (κ2) is 5.84. The van der Waals surface area contributed by atoms with Gasteiger partial charge in [0.2, 0.25) is 0 Å². The lowest BCUT2D eigenvalue weighted by molar-refractivity contribution is -0.162. The van der Waals surface area contributed by atoms with E-state index >= 15 is 0 Å². The van der Waals surface area contributed by atoms with Crippen LogP contribution in [0.15, 0.2) is 0 Å². The number of carbonyl (C=O) groups is 2. The highest BCUT2D eigenvalue weighted by Crippen LogP contribution is 2.45. The van der Waals surface area contributed by atoms with Crippen molar-refractivity contribution < 1.29 is 19.1 Å². The van der Waals surface area contributed by atoms with Gasteiger partial charge in [-0.3, -0.25) is 9.59 Å². The van der Waals surface area contributed by atoms with Crippen molar-refractivity contribution in [1.82, 2.24) is 5.32 Å². The van der Waals surface area contributed by atoms with Crippen molar-refractivity contribution in [2.45, 2.75) is 59.2 Å². The molecule has 0 amide bonds. The van der Waals surface area contributed by atoms with E-state index in [1.54, 1.807) is 0 Å². The fraction of sp³-hybridized carbons (Fsp3) is 0.882. The maximum absolute atomic E-state index is 12.5. The minimum atomic E-state index is -0.497. The molecular formula is C17H29NO4. The van der Waals surface area contributed by atoms with E-state index in [0.29, 0.717) is 6.42 Å². The molecule has 0 aromatic rings. The molecule has 2 fully saturated rings. The van der Waals surface area contributed by atoms with Gasteiger partial charge < -0.3 is 14.8 Å². The summed E-state index contributed by atoms with van der Waals surface area (Å²) >= 11 is 0. The summed E-state index contributed by atoms with van der Waals surface area (Å²) in [7, 11) is 0. The summed E-state index contributed by atoms with van der Waals surface area (Å²) in [6.45, 7) is 12.8. The Morgan fingerprint density at radius 2 is 1.18 bits per heavy atom. The van der Waals surface area contributed by atoms with E-state index in [1.807, 2.05) is 41.5 Å². The molecule has 126 valence electrons. The molecule has 0 aromatic carbocycles. The zero-order chi connectivity index (χ0) is 16.7. The second-order valence-corrected chi connectivity index (χ2v) is 8.50. The molecule has 0 radical (unpaired) electrons. The molecular weight excluding hydrogens is 282 g/mol. The van der Waals surface area contributed by atoms with E-state index in [2.05, 4.69) is 5.32 Å². The van der Waals surface area contributed by atoms with Crippen LogP contribution in [0.2, 0.25) is 0 Å². The van der Waals surface area contributed by atoms with Crippen LogP contribution in [0.5, 0.6) is 0 Å². The third-order valence-electron chi connectivity index (χ3n) is 4.27. The Kier molecular flexibility index (Phi) is 4.58. The number of rotatable bonds is 2. The smallest absolute Gasteiger partial charge is 0.309 e. The Hall–Kier alpha value is -1.10. The van der Waals surface area contributed by atoms with Gasteiger partial charge in [0, 0.05) is 0 Å². The minimum absolute atomic E-state index is 0.173. The van der Waals surface area contributed by atoms with Crippen LogP contribution in [0.3, 0.4) is 0 Å². The van der Waals surface area contributed by atoms with Crippen LogP contribution in [0.1, 0.15) is 48.0 Å². The first-order chi connectivity index (χ1) is 9.98. The number of hydrogen-bond acceptors (Lipinski definition) is 5. The molecule has 1 saturated carbocycles. The molecule has 1 N–H and O–H groups in total. The molecule has 5 heteroatoms. The van der Waals surface area contributed by atoms with Gasteiger partial charge >= 0.3 is 11.9 Å². The maximum atomic E-state index is 12.5. The SMILES string of the molecule is CC(C)(C)OC(=O)[C@H]1C[C@@H](C(=O)OC(C)(C)C)[C@H]2CNC[C@H]21. The first kappa shape index (κ1) is 17.3. The molecule has 4 atom stereocenters. The quantitative estimate of drug-likeness (QED) is 0.792. The van der Waals surface area contributed by atoms with Gasteiger partial charge in [-0.15, -0.1) is 0 Å². The van der Waals surface area contributed by atoms with Crippen molar-refractivity contribution in [2.75, 3.05) is 13.1 Å². The molecule has 0 bridgehead atoms. The first-order valence-electron chi connectivity index (χ1n) is 8.14. The number of hydrogen-bond donors (Lipinski definition) is 1. The van der Waals surface area contributed by atoms with Crippen molar-refractivity contribution in [3.63, 3.8) is 0 Å². The molecule has 1 aliphatic carbocycles. The Morgan fingerprint density at radius 1 is 0.818 bits per heavy atom. The van der Waals surface area contributed by atoms with Crippen molar-refractivity contribution in [2.24, 2.45) is 23.7 Å². The van der Waals surface area contributed by atoms with E-state index in [-0.39, 0.29) is 35.6 Å². The van der Waals surface area contributed by atoms with Crippen LogP contribution in [0, 0.1) is 23.7 Å². The topological polar surface area (TPSA) is 64.6 Å². The summed E-state index contributed by atoms with van der Waals surface area (Å²) < 4.78 is 11.1. The number of fused-ring (bicyclic) bond motifs is 1. The molecule has 1 saturated heterocycles. The third-order valence-corrected chi connectivity index (χ3v) is 4.27. The lowest BCUT2D eigenvalue weighted by Crippen LogP contribution is -2.32. The van der Waals surface area contributed by atoms with Crippen molar-refractivity contribution >= 4 is 11.9 Å². The Balaban J connectivity index is 2.09. The van der Waals surface area contributed by atoms with Gasteiger partial charge in [-0.25, -0.2) is 0 Å². The van der Waals surface area contributed by atoms with Crippen molar-refractivity contribution in [3.05, 3.63) is 0 Å². The lowest BCUT2D eigenvalue weighted by Gasteiger charge is -2.24. The van der Waals surface area contributed by atoms with Gasteiger partial charge in [0.1, 0.15) is 11.2 Å². The van der Waals surface area contributed by atoms with Crippen LogP contribution in [0.25, 0.3) is 0 Å². The summed E-state index contributed by atoms with van der Waals surface area (Å²) in [6, 6.07) is 0. The third kappa shape index (κ3) is 4.00. The maximum Gasteiger partial charge on any atom is 0.309 e. The summed E-state index contributed by atoms with van der Waals surface area (Å²) in [5, 5.41) is 3.30. The molecule has 0 unspecified atom stereocenters. The Bertz CT molecular complexity index is 407. The fourth-order valence-corrected chi connectivity index (χ4v) is 3.52. The lowest BCUT2D eigenvalue weighted by atomic mass is 9.90. The minimum Gasteiger partial charge on any atom is -0.460 e. The standard InChI is InChI=1S/C17H29NO4/c1-16(2,3)21-14(19)10-7-11(13-9-18-8-12(10)13)15(20)22-17(4,5)6/h10-13,18H,7-9H2,1-6H3/t10-,11+,12-,13+. The normalized spacial score (nSPS) is 31.7. The second-order valence-electron chi connectivity index (χ2n) is 8.50. The van der Waals surface area contributed by atoms with Gasteiger partial charge in [0.15, 0.2) is 0 Å². The Morgan fingerprint density at radius 3 is 1.50 bits per heavy atom. The number of carbonyl (C=O) groups excluding carboxylic acids is 2. The van der Waals surface area contributed by atoms with Crippen LogP contribution in [-0.4, -0.2) is 36.2 Å². The largest absolute Gasteiger partial charge is 0.460 e. The van der Waals surface area contributed by atoms with Gasteiger partial charge in [-0.1, -0.05) is 0 Å². The predicted octanol–water partition coefficient (Wildman–Crippen LogP) is 2.14. The molecule has 1 aliphatic heterocycles. The van der Waals surface area contributed by atoms with Crippen molar-refractivity contribution in [3.8, 4) is 0 Å². The van der Waals surface area contributed by atoms with E-state index in [1.165, 1.54) is 0 Å². The van der Waals surface area contributed by atoms with Crippen molar-refractivity contribution in [1.29, 1.82) is 0 Å². The summed E-state index contributed by atoms with van der Waals surface area (Å²) in [5.74, 6) is -0.442. The average Bonchev–Trinajstić information content (AvgIpc) is 2.82. The highest BCUT2D eigenvalue weighted by molar-refractivity contribution is 5.79. The fourth-order valence-electron chi connectivity index (χ4n) is 3.52. The zero-order valence-electron chi connectivity index (χ0n) is 14.6. The number of nitrogens with one attached hydrogen (secondary N) is 1. The highest BCUT2D eigenvalue weighted by atomic mass is 16.6. The first-order valence-corrected chi connectivity index (χ1v) is 8.14. The zero-order valence-corrected chi connectivity index (χ0v) is 14.6. The van der Waals surface area contributed by atoms with E-state index in [4.69, 9.17) is 9.47 Å². The molecule has 0 spiro atoms. The van der Waals surface area contributed by atoms with E-state index in [9.17, 15) is 9.59 Å². The van der Waals surface area contributed by atoms with Crippen LogP contribution in [0.4, 0.5) is 0 Å². The summed E-state index contributed by atoms with van der Waals surface area (Å²) in [4.78, 5) is 24.9. The molecule has 1 heterocycles. The molecule has 2 rings (SSSR count). The van der Waals surface area contributed by atoms with Gasteiger partial charge in [0.05, 0.1) is 11.8 Å². The number of esters is 2. The van der Waals surface area contributed by atoms with Crippen LogP contribution < -0.4 is 5.32 Å². The summed E-state index contributed by atoms with van der Waals surface area (Å²) in [5.41, 5.74) is -0.995. The average molecular weight is 311 g/mol. The van der Waals surface area contributed by atoms with E-state index in [0.717, 1.165) is 13.1 Å². The molecule has 22 heavy (non-hydrogen) atoms. The predicted molar refractivity (Wildman–Crippen MR) is 83.1 cm³/mol. The molecule has 5 nitrogen and oxygen atoms in total. The van der Waals surface area contributed by atoms with Crippen LogP contribution >= 0.6 is 0 Å². The Labute approximate surface area is 133 Å². The van der Waals surface area contributed by atoms with Gasteiger partial charge in [-0.2, -0.15) is 0 Å². The molecule has 2 aliphatic rings. The van der Waals surface area contributed by atoms with Crippen LogP contribution in [-0.2, 0) is 19.1 Å². The van der Waals surface area contributed by atoms with Gasteiger partial charge in [-0.05, 0) is 72.9 Å². The highest BCUT2D eigenvalue weighted by Gasteiger charge is 2.53. The monoisotopic (exact) mass is 311 g/mol. The summed E-state index contributed by atoms with van der Waals surface area (Å²) in [6.07, 6.45) is 0.542. The van der Waals surface area contributed by atoms with E-state index < -0.39 is 11.2 Å². The van der Waals surface area contributed by atoms with Gasteiger partial charge in [0.25, 0.3) is 0 Å².